The van der Waals surface area contributed by atoms with Crippen molar-refractivity contribution in [2.75, 3.05) is 26.2 Å². The molecule has 0 saturated heterocycles. The van der Waals surface area contributed by atoms with Crippen molar-refractivity contribution < 1.29 is 0 Å². The number of nitrogens with zero attached hydrogens (tertiary/aromatic N) is 3. The number of aromatic nitrogens is 3. The minimum Gasteiger partial charge on any atom is -0.316 e. The number of rotatable bonds is 1. The molecule has 2 aliphatic heterocycles. The fraction of sp³-hybridized carbons (Fsp3) is 0.467. The van der Waals surface area contributed by atoms with Crippen LogP contribution in [0.3, 0.4) is 0 Å². The summed E-state index contributed by atoms with van der Waals surface area (Å²) in [5, 5.41) is 11.4. The van der Waals surface area contributed by atoms with Crippen molar-refractivity contribution in [2.24, 2.45) is 0 Å². The highest BCUT2D eigenvalue weighted by Gasteiger charge is 2.20. The zero-order valence-electron chi connectivity index (χ0n) is 11.5. The minimum atomic E-state index is 0.952. The first-order valence-corrected chi connectivity index (χ1v) is 7.40. The van der Waals surface area contributed by atoms with Crippen molar-refractivity contribution in [1.82, 2.24) is 25.2 Å². The number of hydrogen-bond acceptors (Lipinski definition) is 4. The van der Waals surface area contributed by atoms with Gasteiger partial charge in [-0.05, 0) is 31.5 Å². The predicted octanol–water partition coefficient (Wildman–Crippen LogP) is 0.794. The Kier molecular flexibility index (Phi) is 3.01. The van der Waals surface area contributed by atoms with Crippen LogP contribution in [0.15, 0.2) is 18.3 Å². The molecule has 2 N–H and O–H groups in total. The molecule has 4 heterocycles. The summed E-state index contributed by atoms with van der Waals surface area (Å²) >= 11 is 0. The topological polar surface area (TPSA) is 54.2 Å². The fourth-order valence-electron chi connectivity index (χ4n) is 3.21. The van der Waals surface area contributed by atoms with Gasteiger partial charge in [-0.15, -0.1) is 0 Å². The van der Waals surface area contributed by atoms with E-state index in [-0.39, 0.29) is 0 Å². The van der Waals surface area contributed by atoms with E-state index in [9.17, 15) is 0 Å². The van der Waals surface area contributed by atoms with Gasteiger partial charge in [-0.2, -0.15) is 5.10 Å². The normalized spacial score (nSPS) is 19.5. The molecule has 0 aliphatic carbocycles. The molecule has 2 aromatic rings. The van der Waals surface area contributed by atoms with Gasteiger partial charge in [0.2, 0.25) is 0 Å². The van der Waals surface area contributed by atoms with Crippen LogP contribution >= 0.6 is 0 Å². The van der Waals surface area contributed by atoms with Gasteiger partial charge in [-0.1, -0.05) is 6.08 Å². The average molecular weight is 269 g/mol. The lowest BCUT2D eigenvalue weighted by atomic mass is 9.97. The van der Waals surface area contributed by atoms with E-state index in [1.165, 1.54) is 22.5 Å². The molecule has 2 aliphatic rings. The largest absolute Gasteiger partial charge is 0.316 e. The molecule has 104 valence electrons. The van der Waals surface area contributed by atoms with Gasteiger partial charge in [0.1, 0.15) is 0 Å². The van der Waals surface area contributed by atoms with Crippen LogP contribution in [0.2, 0.25) is 0 Å². The third-order valence-corrected chi connectivity index (χ3v) is 4.18. The molecule has 0 spiro atoms. The Morgan fingerprint density at radius 3 is 2.85 bits per heavy atom. The first-order valence-electron chi connectivity index (χ1n) is 7.40. The van der Waals surface area contributed by atoms with Gasteiger partial charge in [0.15, 0.2) is 5.65 Å². The van der Waals surface area contributed by atoms with Crippen LogP contribution in [0.25, 0.3) is 11.2 Å². The summed E-state index contributed by atoms with van der Waals surface area (Å²) in [7, 11) is 0. The number of nitrogens with one attached hydrogen (secondary N) is 2. The SMILES string of the molecule is C1=C(c2c3c(nc4ccnn24)CCNCC3)CCNC1. The van der Waals surface area contributed by atoms with Gasteiger partial charge in [0.05, 0.1) is 11.9 Å². The summed E-state index contributed by atoms with van der Waals surface area (Å²) in [4.78, 5) is 4.81. The summed E-state index contributed by atoms with van der Waals surface area (Å²) in [6.07, 6.45) is 7.27. The Labute approximate surface area is 118 Å². The van der Waals surface area contributed by atoms with Crippen LogP contribution in [0.5, 0.6) is 0 Å². The average Bonchev–Trinajstić information content (AvgIpc) is 2.82. The lowest BCUT2D eigenvalue weighted by Gasteiger charge is -2.19. The molecule has 5 heteroatoms. The van der Waals surface area contributed by atoms with Crippen LogP contribution in [0, 0.1) is 0 Å². The monoisotopic (exact) mass is 269 g/mol. The lowest BCUT2D eigenvalue weighted by molar-refractivity contribution is 0.707. The van der Waals surface area contributed by atoms with Crippen LogP contribution < -0.4 is 10.6 Å². The summed E-state index contributed by atoms with van der Waals surface area (Å²) in [6.45, 7) is 4.04. The predicted molar refractivity (Wildman–Crippen MR) is 78.7 cm³/mol. The zero-order chi connectivity index (χ0) is 13.4. The Morgan fingerprint density at radius 1 is 1.05 bits per heavy atom. The highest BCUT2D eigenvalue weighted by atomic mass is 15.3. The Balaban J connectivity index is 1.97. The molecular weight excluding hydrogens is 250 g/mol. The van der Waals surface area contributed by atoms with Crippen molar-refractivity contribution >= 4 is 11.2 Å². The highest BCUT2D eigenvalue weighted by molar-refractivity contribution is 5.69. The Hall–Kier alpha value is -1.72. The third-order valence-electron chi connectivity index (χ3n) is 4.18. The molecule has 0 bridgehead atoms. The second kappa shape index (κ2) is 5.00. The lowest BCUT2D eigenvalue weighted by Crippen LogP contribution is -2.22. The van der Waals surface area contributed by atoms with Gasteiger partial charge in [0, 0.05) is 36.8 Å². The maximum atomic E-state index is 4.81. The van der Waals surface area contributed by atoms with E-state index in [1.807, 2.05) is 16.8 Å². The highest BCUT2D eigenvalue weighted by Crippen LogP contribution is 2.27. The standard InChI is InChI=1S/C15H19N5/c1-6-16-7-2-11(1)15-12-3-8-17-9-4-13(12)19-14-5-10-18-20(14)15/h1,5,10,16-17H,2-4,6-9H2. The first kappa shape index (κ1) is 12.1. The third kappa shape index (κ3) is 1.94. The van der Waals surface area contributed by atoms with E-state index in [4.69, 9.17) is 4.98 Å². The van der Waals surface area contributed by atoms with Crippen molar-refractivity contribution in [3.05, 3.63) is 35.3 Å². The summed E-state index contributed by atoms with van der Waals surface area (Å²) in [5.41, 5.74) is 6.31. The maximum absolute atomic E-state index is 4.81. The van der Waals surface area contributed by atoms with E-state index >= 15 is 0 Å². The van der Waals surface area contributed by atoms with E-state index < -0.39 is 0 Å². The van der Waals surface area contributed by atoms with Gasteiger partial charge in [-0.3, -0.25) is 0 Å². The van der Waals surface area contributed by atoms with E-state index in [1.54, 1.807) is 0 Å². The Morgan fingerprint density at radius 2 is 1.95 bits per heavy atom. The molecule has 5 nitrogen and oxygen atoms in total. The number of hydrogen-bond donors (Lipinski definition) is 2. The second-order valence-electron chi connectivity index (χ2n) is 5.42. The molecule has 0 amide bonds. The molecule has 0 aromatic carbocycles. The van der Waals surface area contributed by atoms with Gasteiger partial charge in [-0.25, -0.2) is 9.50 Å². The van der Waals surface area contributed by atoms with E-state index in [2.05, 4.69) is 21.8 Å². The first-order chi connectivity index (χ1) is 9.93. The summed E-state index contributed by atoms with van der Waals surface area (Å²) in [6, 6.07) is 2.00. The van der Waals surface area contributed by atoms with Crippen LogP contribution in [0.4, 0.5) is 0 Å². The van der Waals surface area contributed by atoms with Crippen molar-refractivity contribution in [3.63, 3.8) is 0 Å². The second-order valence-corrected chi connectivity index (χ2v) is 5.42. The molecule has 2 aromatic heterocycles. The quantitative estimate of drug-likeness (QED) is 0.804. The Bertz CT molecular complexity index is 670. The minimum absolute atomic E-state index is 0.952. The van der Waals surface area contributed by atoms with Crippen molar-refractivity contribution in [3.8, 4) is 0 Å². The molecular formula is C15H19N5. The molecule has 0 radical (unpaired) electrons. The van der Waals surface area contributed by atoms with E-state index in [0.29, 0.717) is 0 Å². The van der Waals surface area contributed by atoms with Crippen molar-refractivity contribution in [2.45, 2.75) is 19.3 Å². The van der Waals surface area contributed by atoms with Crippen LogP contribution in [0.1, 0.15) is 23.4 Å². The molecule has 0 saturated carbocycles. The summed E-state index contributed by atoms with van der Waals surface area (Å²) < 4.78 is 2.03. The smallest absolute Gasteiger partial charge is 0.155 e. The number of fused-ring (bicyclic) bond motifs is 2. The molecule has 0 atom stereocenters. The molecule has 0 fully saturated rings. The van der Waals surface area contributed by atoms with Gasteiger partial charge >= 0.3 is 0 Å². The van der Waals surface area contributed by atoms with E-state index in [0.717, 1.165) is 51.1 Å². The van der Waals surface area contributed by atoms with Crippen LogP contribution in [-0.4, -0.2) is 40.8 Å². The maximum Gasteiger partial charge on any atom is 0.155 e. The van der Waals surface area contributed by atoms with Gasteiger partial charge < -0.3 is 10.6 Å². The van der Waals surface area contributed by atoms with Gasteiger partial charge in [0.25, 0.3) is 0 Å². The molecule has 0 unspecified atom stereocenters. The summed E-state index contributed by atoms with van der Waals surface area (Å²) in [5.74, 6) is 0. The van der Waals surface area contributed by atoms with Crippen LogP contribution in [-0.2, 0) is 12.8 Å². The molecule has 20 heavy (non-hydrogen) atoms. The van der Waals surface area contributed by atoms with Crippen molar-refractivity contribution in [1.29, 1.82) is 0 Å². The fourth-order valence-corrected chi connectivity index (χ4v) is 3.21. The zero-order valence-corrected chi connectivity index (χ0v) is 11.5. The molecule has 4 rings (SSSR count).